The minimum Gasteiger partial charge on any atom is -0.382 e. The minimum absolute atomic E-state index is 0.0876. The van der Waals surface area contributed by atoms with Crippen LogP contribution in [-0.4, -0.2) is 35.8 Å². The van der Waals surface area contributed by atoms with E-state index in [0.717, 1.165) is 24.4 Å². The monoisotopic (exact) mass is 297 g/mol. The lowest BCUT2D eigenvalue weighted by Gasteiger charge is -2.06. The molecule has 1 aliphatic rings. The highest BCUT2D eigenvalue weighted by atomic mass is 32.1. The molecular weight excluding hydrogens is 278 g/mol. The van der Waals surface area contributed by atoms with Gasteiger partial charge in [0.25, 0.3) is 5.91 Å². The molecule has 1 fully saturated rings. The zero-order valence-corrected chi connectivity index (χ0v) is 12.2. The summed E-state index contributed by atoms with van der Waals surface area (Å²) < 4.78 is 3.96. The summed E-state index contributed by atoms with van der Waals surface area (Å²) in [6.45, 7) is 0.601. The summed E-state index contributed by atoms with van der Waals surface area (Å²) in [6.07, 6.45) is 3.37. The van der Waals surface area contributed by atoms with Gasteiger partial charge >= 0.3 is 0 Å². The molecule has 7 nitrogen and oxygen atoms in total. The van der Waals surface area contributed by atoms with Crippen LogP contribution >= 0.6 is 11.5 Å². The van der Waals surface area contributed by atoms with E-state index in [-0.39, 0.29) is 17.6 Å². The number of nitrogen functional groups attached to an aromatic ring is 1. The Bertz CT molecular complexity index is 498. The van der Waals surface area contributed by atoms with E-state index in [1.807, 2.05) is 0 Å². The van der Waals surface area contributed by atoms with Crippen molar-refractivity contribution < 1.29 is 9.59 Å². The number of hydrogen-bond donors (Lipinski definition) is 4. The number of nitrogens with one attached hydrogen (secondary N) is 3. The summed E-state index contributed by atoms with van der Waals surface area (Å²) in [5.74, 6) is 0.0539. The average Bonchev–Trinajstić information content (AvgIpc) is 3.16. The first-order chi connectivity index (χ1) is 9.61. The topological polar surface area (TPSA) is 109 Å². The highest BCUT2D eigenvalue weighted by Crippen LogP contribution is 2.26. The minimum atomic E-state index is -0.259. The Morgan fingerprint density at radius 3 is 2.85 bits per heavy atom. The van der Waals surface area contributed by atoms with Gasteiger partial charge in [-0.05, 0) is 30.8 Å². The van der Waals surface area contributed by atoms with E-state index in [2.05, 4.69) is 20.3 Å². The summed E-state index contributed by atoms with van der Waals surface area (Å²) in [5, 5.41) is 9.22. The van der Waals surface area contributed by atoms with Gasteiger partial charge in [0.15, 0.2) is 5.82 Å². The van der Waals surface area contributed by atoms with Gasteiger partial charge in [-0.25, -0.2) is 0 Å². The Morgan fingerprint density at radius 1 is 1.45 bits per heavy atom. The van der Waals surface area contributed by atoms with E-state index in [4.69, 9.17) is 5.73 Å². The molecule has 5 N–H and O–H groups in total. The fourth-order valence-electron chi connectivity index (χ4n) is 1.75. The molecule has 8 heteroatoms. The second kappa shape index (κ2) is 6.56. The van der Waals surface area contributed by atoms with Crippen LogP contribution in [0, 0.1) is 0 Å². The lowest BCUT2D eigenvalue weighted by molar-refractivity contribution is -0.121. The average molecular weight is 297 g/mol. The van der Waals surface area contributed by atoms with Crippen LogP contribution in [0.3, 0.4) is 0 Å². The number of carbonyl (C=O) groups excluding carboxylic acids is 2. The number of aromatic nitrogens is 1. The van der Waals surface area contributed by atoms with Gasteiger partial charge in [-0.15, -0.1) is 0 Å². The first-order valence-electron chi connectivity index (χ1n) is 6.62. The van der Waals surface area contributed by atoms with E-state index >= 15 is 0 Å². The van der Waals surface area contributed by atoms with Crippen LogP contribution in [-0.2, 0) is 4.79 Å². The van der Waals surface area contributed by atoms with Gasteiger partial charge in [0.05, 0.1) is 0 Å². The van der Waals surface area contributed by atoms with Gasteiger partial charge in [0.1, 0.15) is 10.6 Å². The molecule has 2 rings (SSSR count). The molecule has 0 radical (unpaired) electrons. The third-order valence-electron chi connectivity index (χ3n) is 2.98. The number of nitrogens with zero attached hydrogens (tertiary/aromatic N) is 1. The van der Waals surface area contributed by atoms with Gasteiger partial charge < -0.3 is 21.7 Å². The first kappa shape index (κ1) is 14.6. The summed E-state index contributed by atoms with van der Waals surface area (Å²) in [7, 11) is 1.55. The molecule has 0 bridgehead atoms. The van der Waals surface area contributed by atoms with Crippen LogP contribution < -0.4 is 21.7 Å². The number of amides is 2. The molecule has 1 aliphatic carbocycles. The molecular formula is C12H19N5O2S. The molecule has 2 amide bonds. The number of hydrogen-bond acceptors (Lipinski definition) is 6. The van der Waals surface area contributed by atoms with Crippen LogP contribution in [0.1, 0.15) is 36.0 Å². The molecule has 0 atom stereocenters. The zero-order chi connectivity index (χ0) is 14.5. The molecule has 0 saturated heterocycles. The quantitative estimate of drug-likeness (QED) is 0.550. The van der Waals surface area contributed by atoms with Crippen molar-refractivity contribution in [1.82, 2.24) is 15.0 Å². The summed E-state index contributed by atoms with van der Waals surface area (Å²) in [4.78, 5) is 23.2. The fourth-order valence-corrected chi connectivity index (χ4v) is 2.48. The third-order valence-corrected chi connectivity index (χ3v) is 3.80. The van der Waals surface area contributed by atoms with Crippen molar-refractivity contribution in [3.05, 3.63) is 5.56 Å². The van der Waals surface area contributed by atoms with Gasteiger partial charge in [-0.2, -0.15) is 4.37 Å². The molecule has 0 aromatic carbocycles. The highest BCUT2D eigenvalue weighted by Gasteiger charge is 2.22. The Labute approximate surface area is 121 Å². The van der Waals surface area contributed by atoms with Crippen LogP contribution in [0.4, 0.5) is 10.8 Å². The Morgan fingerprint density at radius 2 is 2.20 bits per heavy atom. The van der Waals surface area contributed by atoms with Crippen molar-refractivity contribution in [2.45, 2.75) is 31.7 Å². The van der Waals surface area contributed by atoms with E-state index in [9.17, 15) is 9.59 Å². The maximum absolute atomic E-state index is 11.7. The van der Waals surface area contributed by atoms with E-state index in [1.54, 1.807) is 7.05 Å². The number of carbonyl (C=O) groups is 2. The van der Waals surface area contributed by atoms with E-state index in [1.165, 1.54) is 0 Å². The summed E-state index contributed by atoms with van der Waals surface area (Å²) in [6, 6.07) is 0.400. The van der Waals surface area contributed by atoms with Gasteiger partial charge in [-0.3, -0.25) is 9.59 Å². The van der Waals surface area contributed by atoms with Gasteiger partial charge in [-0.1, -0.05) is 0 Å². The molecule has 1 aromatic rings. The molecule has 0 unspecified atom stereocenters. The van der Waals surface area contributed by atoms with Crippen molar-refractivity contribution >= 4 is 34.2 Å². The second-order valence-electron chi connectivity index (χ2n) is 4.72. The molecule has 20 heavy (non-hydrogen) atoms. The summed E-state index contributed by atoms with van der Waals surface area (Å²) in [5.41, 5.74) is 6.04. The van der Waals surface area contributed by atoms with Crippen LogP contribution in [0.15, 0.2) is 0 Å². The maximum Gasteiger partial charge on any atom is 0.257 e. The number of rotatable bonds is 7. The van der Waals surface area contributed by atoms with E-state index in [0.29, 0.717) is 36.0 Å². The van der Waals surface area contributed by atoms with Gasteiger partial charge in [0, 0.05) is 26.1 Å². The van der Waals surface area contributed by atoms with Crippen LogP contribution in [0.25, 0.3) is 0 Å². The summed E-state index contributed by atoms with van der Waals surface area (Å²) >= 11 is 1.15. The molecule has 0 aliphatic heterocycles. The smallest absolute Gasteiger partial charge is 0.257 e. The molecule has 1 saturated carbocycles. The van der Waals surface area contributed by atoms with Crippen LogP contribution in [0.2, 0.25) is 0 Å². The highest BCUT2D eigenvalue weighted by molar-refractivity contribution is 7.11. The van der Waals surface area contributed by atoms with Crippen LogP contribution in [0.5, 0.6) is 0 Å². The standard InChI is InChI=1S/C12H19N5O2S/c1-14-11(19)9-10(13)17-20-12(9)15-6-2-3-8(18)16-7-4-5-7/h7,15H,2-6H2,1H3,(H2,13,17)(H,14,19)(H,16,18). The van der Waals surface area contributed by atoms with Crippen molar-refractivity contribution in [2.75, 3.05) is 24.6 Å². The Hall–Kier alpha value is -1.83. The molecule has 1 heterocycles. The Balaban J connectivity index is 1.76. The zero-order valence-electron chi connectivity index (χ0n) is 11.4. The second-order valence-corrected chi connectivity index (χ2v) is 5.50. The van der Waals surface area contributed by atoms with Gasteiger partial charge in [0.2, 0.25) is 5.91 Å². The third kappa shape index (κ3) is 3.83. The predicted molar refractivity (Wildman–Crippen MR) is 78.8 cm³/mol. The van der Waals surface area contributed by atoms with Crippen molar-refractivity contribution in [3.8, 4) is 0 Å². The fraction of sp³-hybridized carbons (Fsp3) is 0.583. The maximum atomic E-state index is 11.7. The van der Waals surface area contributed by atoms with Crippen molar-refractivity contribution in [3.63, 3.8) is 0 Å². The Kier molecular flexibility index (Phi) is 4.78. The number of anilines is 2. The molecule has 0 spiro atoms. The van der Waals surface area contributed by atoms with E-state index < -0.39 is 0 Å². The van der Waals surface area contributed by atoms with Crippen molar-refractivity contribution in [2.24, 2.45) is 0 Å². The molecule has 1 aromatic heterocycles. The number of nitrogens with two attached hydrogens (primary N) is 1. The largest absolute Gasteiger partial charge is 0.382 e. The van der Waals surface area contributed by atoms with Crippen molar-refractivity contribution in [1.29, 1.82) is 0 Å². The lowest BCUT2D eigenvalue weighted by Crippen LogP contribution is -2.25. The SMILES string of the molecule is CNC(=O)c1c(N)nsc1NCCCC(=O)NC1CC1. The first-order valence-corrected chi connectivity index (χ1v) is 7.39. The predicted octanol–water partition coefficient (Wildman–Crippen LogP) is 0.556. The lowest BCUT2D eigenvalue weighted by atomic mass is 10.2. The normalized spacial score (nSPS) is 13.8. The molecule has 110 valence electrons.